The number of amides is 1. The third-order valence-electron chi connectivity index (χ3n) is 3.66. The lowest BCUT2D eigenvalue weighted by Crippen LogP contribution is -2.25. The van der Waals surface area contributed by atoms with Crippen LogP contribution < -0.4 is 10.9 Å². The number of hydrogen-bond donors (Lipinski definition) is 1. The summed E-state index contributed by atoms with van der Waals surface area (Å²) in [4.78, 5) is 25.8. The summed E-state index contributed by atoms with van der Waals surface area (Å²) in [6.07, 6.45) is 1.73. The third-order valence-corrected chi connectivity index (χ3v) is 5.23. The van der Waals surface area contributed by atoms with Crippen molar-refractivity contribution in [3.63, 3.8) is 0 Å². The van der Waals surface area contributed by atoms with Crippen LogP contribution in [0.2, 0.25) is 0 Å². The van der Waals surface area contributed by atoms with Gasteiger partial charge in [-0.05, 0) is 30.7 Å². The fraction of sp³-hybridized carbons (Fsp3) is 0.176. The Kier molecular flexibility index (Phi) is 4.37. The quantitative estimate of drug-likeness (QED) is 0.742. The Morgan fingerprint density at radius 1 is 1.35 bits per heavy atom. The molecule has 0 aliphatic heterocycles. The first kappa shape index (κ1) is 16.0. The van der Waals surface area contributed by atoms with Gasteiger partial charge in [-0.15, -0.1) is 11.3 Å². The van der Waals surface area contributed by atoms with E-state index in [2.05, 4.69) is 21.2 Å². The summed E-state index contributed by atoms with van der Waals surface area (Å²) in [7, 11) is 1.69. The molecule has 0 fully saturated rings. The number of aromatic nitrogens is 1. The highest BCUT2D eigenvalue weighted by Crippen LogP contribution is 2.28. The minimum atomic E-state index is -0.211. The lowest BCUT2D eigenvalue weighted by atomic mass is 10.1. The van der Waals surface area contributed by atoms with Gasteiger partial charge < -0.3 is 9.88 Å². The SMILES string of the molecule is Cc1sc2ccn(C)c(=O)c2c1C(=O)NCc1cccc(Br)c1. The van der Waals surface area contributed by atoms with Crippen molar-refractivity contribution in [2.24, 2.45) is 7.05 Å². The van der Waals surface area contributed by atoms with Gasteiger partial charge in [0, 0.05) is 33.8 Å². The predicted octanol–water partition coefficient (Wildman–Crippen LogP) is 3.60. The smallest absolute Gasteiger partial charge is 0.259 e. The number of fused-ring (bicyclic) bond motifs is 1. The topological polar surface area (TPSA) is 51.1 Å². The van der Waals surface area contributed by atoms with Gasteiger partial charge in [-0.25, -0.2) is 0 Å². The summed E-state index contributed by atoms with van der Waals surface area (Å²) in [5, 5.41) is 3.41. The molecule has 23 heavy (non-hydrogen) atoms. The van der Waals surface area contributed by atoms with Crippen LogP contribution in [0, 0.1) is 6.92 Å². The van der Waals surface area contributed by atoms with Crippen molar-refractivity contribution >= 4 is 43.3 Å². The molecule has 0 unspecified atom stereocenters. The van der Waals surface area contributed by atoms with Crippen LogP contribution in [0.3, 0.4) is 0 Å². The molecule has 0 atom stereocenters. The maximum absolute atomic E-state index is 12.6. The Balaban J connectivity index is 1.93. The third kappa shape index (κ3) is 3.09. The molecule has 0 aliphatic rings. The maximum atomic E-state index is 12.6. The van der Waals surface area contributed by atoms with E-state index in [1.54, 1.807) is 13.2 Å². The number of nitrogens with zero attached hydrogens (tertiary/aromatic N) is 1. The van der Waals surface area contributed by atoms with E-state index in [9.17, 15) is 9.59 Å². The molecule has 1 amide bonds. The van der Waals surface area contributed by atoms with E-state index in [0.717, 1.165) is 19.6 Å². The molecule has 0 saturated heterocycles. The highest BCUT2D eigenvalue weighted by molar-refractivity contribution is 9.10. The monoisotopic (exact) mass is 390 g/mol. The van der Waals surface area contributed by atoms with Crippen LogP contribution >= 0.6 is 27.3 Å². The predicted molar refractivity (Wildman–Crippen MR) is 97.1 cm³/mol. The second kappa shape index (κ2) is 6.29. The first-order chi connectivity index (χ1) is 11.0. The van der Waals surface area contributed by atoms with Crippen LogP contribution in [0.15, 0.2) is 45.8 Å². The number of pyridine rings is 1. The van der Waals surface area contributed by atoms with Crippen LogP contribution in [0.1, 0.15) is 20.8 Å². The van der Waals surface area contributed by atoms with E-state index < -0.39 is 0 Å². The fourth-order valence-corrected chi connectivity index (χ4v) is 4.00. The number of carbonyl (C=O) groups excluding carboxylic acids is 1. The van der Waals surface area contributed by atoms with Crippen LogP contribution in [0.4, 0.5) is 0 Å². The average molecular weight is 391 g/mol. The fourth-order valence-electron chi connectivity index (χ4n) is 2.51. The number of thiophene rings is 1. The molecule has 2 heterocycles. The minimum Gasteiger partial charge on any atom is -0.348 e. The molecule has 0 spiro atoms. The van der Waals surface area contributed by atoms with Gasteiger partial charge in [-0.1, -0.05) is 28.1 Å². The van der Waals surface area contributed by atoms with Crippen LogP contribution in [0.5, 0.6) is 0 Å². The van der Waals surface area contributed by atoms with Crippen LogP contribution in [-0.2, 0) is 13.6 Å². The minimum absolute atomic E-state index is 0.139. The van der Waals surface area contributed by atoms with Crippen LogP contribution in [-0.4, -0.2) is 10.5 Å². The Bertz CT molecular complexity index is 959. The lowest BCUT2D eigenvalue weighted by Gasteiger charge is -2.06. The zero-order valence-corrected chi connectivity index (χ0v) is 15.1. The van der Waals surface area contributed by atoms with Gasteiger partial charge in [0.05, 0.1) is 10.9 Å². The number of nitrogens with one attached hydrogen (secondary N) is 1. The zero-order chi connectivity index (χ0) is 16.6. The lowest BCUT2D eigenvalue weighted by molar-refractivity contribution is 0.0952. The van der Waals surface area contributed by atoms with Gasteiger partial charge in [0.1, 0.15) is 0 Å². The van der Waals surface area contributed by atoms with Gasteiger partial charge >= 0.3 is 0 Å². The van der Waals surface area contributed by atoms with Gasteiger partial charge in [-0.3, -0.25) is 9.59 Å². The molecule has 2 aromatic heterocycles. The van der Waals surface area contributed by atoms with Gasteiger partial charge in [0.2, 0.25) is 0 Å². The summed E-state index contributed by atoms with van der Waals surface area (Å²) in [5.74, 6) is -0.211. The normalized spacial score (nSPS) is 10.9. The second-order valence-corrected chi connectivity index (χ2v) is 7.49. The standard InChI is InChI=1S/C17H15BrN2O2S/c1-10-14(15-13(23-10)6-7-20(2)17(15)22)16(21)19-9-11-4-3-5-12(18)8-11/h3-8H,9H2,1-2H3,(H,19,21). The molecule has 0 saturated carbocycles. The van der Waals surface area contributed by atoms with E-state index in [1.165, 1.54) is 15.9 Å². The summed E-state index contributed by atoms with van der Waals surface area (Å²) in [6.45, 7) is 2.29. The summed E-state index contributed by atoms with van der Waals surface area (Å²) in [6, 6.07) is 9.64. The van der Waals surface area contributed by atoms with E-state index >= 15 is 0 Å². The zero-order valence-electron chi connectivity index (χ0n) is 12.7. The number of aryl methyl sites for hydroxylation is 2. The van der Waals surface area contributed by atoms with Crippen molar-refractivity contribution in [2.75, 3.05) is 0 Å². The molecule has 6 heteroatoms. The van der Waals surface area contributed by atoms with E-state index in [4.69, 9.17) is 0 Å². The van der Waals surface area contributed by atoms with E-state index in [1.807, 2.05) is 37.3 Å². The molecule has 0 aliphatic carbocycles. The number of hydrogen-bond acceptors (Lipinski definition) is 3. The number of benzene rings is 1. The Morgan fingerprint density at radius 3 is 2.87 bits per heavy atom. The van der Waals surface area contributed by atoms with Gasteiger partial charge in [0.15, 0.2) is 0 Å². The van der Waals surface area contributed by atoms with Crippen molar-refractivity contribution in [1.29, 1.82) is 0 Å². The molecule has 0 radical (unpaired) electrons. The molecule has 3 rings (SSSR count). The average Bonchev–Trinajstić information content (AvgIpc) is 2.86. The van der Waals surface area contributed by atoms with Crippen molar-refractivity contribution in [2.45, 2.75) is 13.5 Å². The highest BCUT2D eigenvalue weighted by atomic mass is 79.9. The maximum Gasteiger partial charge on any atom is 0.259 e. The van der Waals surface area contributed by atoms with Gasteiger partial charge in [0.25, 0.3) is 11.5 Å². The van der Waals surface area contributed by atoms with Crippen molar-refractivity contribution in [3.05, 3.63) is 67.4 Å². The van der Waals surface area contributed by atoms with Crippen molar-refractivity contribution in [3.8, 4) is 0 Å². The summed E-state index contributed by atoms with van der Waals surface area (Å²) in [5.41, 5.74) is 1.35. The summed E-state index contributed by atoms with van der Waals surface area (Å²) < 4.78 is 3.31. The summed E-state index contributed by atoms with van der Waals surface area (Å²) >= 11 is 4.89. The molecule has 118 valence electrons. The molecule has 1 N–H and O–H groups in total. The Hall–Kier alpha value is -1.92. The largest absolute Gasteiger partial charge is 0.348 e. The van der Waals surface area contributed by atoms with Crippen LogP contribution in [0.25, 0.3) is 10.1 Å². The Morgan fingerprint density at radius 2 is 2.13 bits per heavy atom. The molecule has 3 aromatic rings. The first-order valence-electron chi connectivity index (χ1n) is 7.08. The molecular formula is C17H15BrN2O2S. The Labute approximate surface area is 145 Å². The molecule has 0 bridgehead atoms. The molecule has 4 nitrogen and oxygen atoms in total. The van der Waals surface area contributed by atoms with Gasteiger partial charge in [-0.2, -0.15) is 0 Å². The number of halogens is 1. The molecular weight excluding hydrogens is 376 g/mol. The first-order valence-corrected chi connectivity index (χ1v) is 8.69. The molecule has 1 aromatic carbocycles. The second-order valence-electron chi connectivity index (χ2n) is 5.32. The highest BCUT2D eigenvalue weighted by Gasteiger charge is 2.19. The van der Waals surface area contributed by atoms with Crippen molar-refractivity contribution in [1.82, 2.24) is 9.88 Å². The van der Waals surface area contributed by atoms with Crippen molar-refractivity contribution < 1.29 is 4.79 Å². The number of rotatable bonds is 3. The van der Waals surface area contributed by atoms with E-state index in [-0.39, 0.29) is 11.5 Å². The van der Waals surface area contributed by atoms with E-state index in [0.29, 0.717) is 17.5 Å². The number of carbonyl (C=O) groups is 1.